The average molecular weight is 431 g/mol. The van der Waals surface area contributed by atoms with Crippen LogP contribution in [-0.2, 0) is 11.3 Å². The highest BCUT2D eigenvalue weighted by atomic mass is 16.3. The molecule has 1 atom stereocenters. The maximum absolute atomic E-state index is 12.8. The van der Waals surface area contributed by atoms with Gasteiger partial charge in [0.1, 0.15) is 5.76 Å². The maximum atomic E-state index is 12.8. The molecule has 0 bridgehead atoms. The first-order chi connectivity index (χ1) is 15.3. The molecule has 0 saturated heterocycles. The summed E-state index contributed by atoms with van der Waals surface area (Å²) in [4.78, 5) is 50.6. The second kappa shape index (κ2) is 8.50. The predicted molar refractivity (Wildman–Crippen MR) is 116 cm³/mol. The van der Waals surface area contributed by atoms with Gasteiger partial charge in [-0.15, -0.1) is 0 Å². The second-order valence-electron chi connectivity index (χ2n) is 7.54. The number of rotatable bonds is 6. The summed E-state index contributed by atoms with van der Waals surface area (Å²) in [5.74, 6) is -0.955. The Labute approximate surface area is 184 Å². The van der Waals surface area contributed by atoms with Crippen molar-refractivity contribution in [3.8, 4) is 0 Å². The lowest BCUT2D eigenvalue weighted by Crippen LogP contribution is -2.29. The maximum Gasteiger partial charge on any atom is 0.261 e. The fraction of sp³-hybridized carbons (Fsp3) is 0.167. The first-order valence-electron chi connectivity index (χ1n) is 10.0. The third kappa shape index (κ3) is 4.15. The van der Waals surface area contributed by atoms with Crippen molar-refractivity contribution in [2.24, 2.45) is 0 Å². The number of imide groups is 1. The van der Waals surface area contributed by atoms with Gasteiger partial charge < -0.3 is 15.1 Å². The average Bonchev–Trinajstić information content (AvgIpc) is 3.36. The highest BCUT2D eigenvalue weighted by Gasteiger charge is 2.36. The number of carbonyl (C=O) groups excluding carboxylic acids is 4. The smallest absolute Gasteiger partial charge is 0.261 e. The number of hydrogen-bond donors (Lipinski definition) is 2. The lowest BCUT2D eigenvalue weighted by atomic mass is 10.0. The van der Waals surface area contributed by atoms with Gasteiger partial charge >= 0.3 is 0 Å². The number of hydrogen-bond acceptors (Lipinski definition) is 5. The third-order valence-electron chi connectivity index (χ3n) is 5.18. The minimum atomic E-state index is -0.466. The van der Waals surface area contributed by atoms with E-state index in [0.717, 1.165) is 10.5 Å². The normalized spacial score (nSPS) is 13.6. The SMILES string of the molecule is CC(=O)Nc1cccc(C(C)NC(=O)c2ccc3c(c2)C(=O)N(Cc2ccco2)C3=O)c1. The van der Waals surface area contributed by atoms with Crippen LogP contribution in [0.3, 0.4) is 0 Å². The van der Waals surface area contributed by atoms with Crippen LogP contribution in [0.5, 0.6) is 0 Å². The zero-order chi connectivity index (χ0) is 22.8. The largest absolute Gasteiger partial charge is 0.467 e. The Morgan fingerprint density at radius 3 is 2.50 bits per heavy atom. The molecule has 0 radical (unpaired) electrons. The molecule has 8 heteroatoms. The van der Waals surface area contributed by atoms with E-state index in [-0.39, 0.29) is 41.1 Å². The monoisotopic (exact) mass is 431 g/mol. The van der Waals surface area contributed by atoms with Crippen LogP contribution in [-0.4, -0.2) is 28.5 Å². The van der Waals surface area contributed by atoms with Gasteiger partial charge in [-0.2, -0.15) is 0 Å². The van der Waals surface area contributed by atoms with Gasteiger partial charge in [-0.05, 0) is 55.0 Å². The standard InChI is InChI=1S/C24H21N3O5/c1-14(16-5-3-6-18(11-16)26-15(2)28)25-22(29)17-8-9-20-21(12-17)24(31)27(23(20)30)13-19-7-4-10-32-19/h3-12,14H,13H2,1-2H3,(H,25,29)(H,26,28). The Bertz CT molecular complexity index is 1220. The van der Waals surface area contributed by atoms with E-state index in [0.29, 0.717) is 11.4 Å². The molecule has 1 unspecified atom stereocenters. The topological polar surface area (TPSA) is 109 Å². The zero-order valence-corrected chi connectivity index (χ0v) is 17.5. The van der Waals surface area contributed by atoms with Crippen molar-refractivity contribution >= 4 is 29.3 Å². The molecular formula is C24H21N3O5. The summed E-state index contributed by atoms with van der Waals surface area (Å²) in [6.45, 7) is 3.27. The Balaban J connectivity index is 1.49. The second-order valence-corrected chi connectivity index (χ2v) is 7.54. The molecule has 162 valence electrons. The minimum absolute atomic E-state index is 0.0303. The van der Waals surface area contributed by atoms with E-state index in [4.69, 9.17) is 4.42 Å². The molecule has 0 saturated carbocycles. The summed E-state index contributed by atoms with van der Waals surface area (Å²) < 4.78 is 5.23. The van der Waals surface area contributed by atoms with Crippen LogP contribution in [0, 0.1) is 0 Å². The van der Waals surface area contributed by atoms with Crippen LogP contribution in [0.1, 0.15) is 62.3 Å². The van der Waals surface area contributed by atoms with Crippen LogP contribution < -0.4 is 10.6 Å². The molecule has 2 N–H and O–H groups in total. The Morgan fingerprint density at radius 1 is 1.00 bits per heavy atom. The fourth-order valence-electron chi connectivity index (χ4n) is 3.59. The highest BCUT2D eigenvalue weighted by molar-refractivity contribution is 6.22. The molecule has 0 spiro atoms. The molecular weight excluding hydrogens is 410 g/mol. The van der Waals surface area contributed by atoms with Gasteiger partial charge in [0.2, 0.25) is 5.91 Å². The lowest BCUT2D eigenvalue weighted by molar-refractivity contribution is -0.114. The van der Waals surface area contributed by atoms with Gasteiger partial charge in [0.25, 0.3) is 17.7 Å². The number of anilines is 1. The van der Waals surface area contributed by atoms with Gasteiger partial charge in [0.15, 0.2) is 0 Å². The van der Waals surface area contributed by atoms with Crippen molar-refractivity contribution in [1.82, 2.24) is 10.2 Å². The molecule has 4 rings (SSSR count). The summed E-state index contributed by atoms with van der Waals surface area (Å²) in [5, 5.41) is 5.59. The molecule has 4 amide bonds. The van der Waals surface area contributed by atoms with Gasteiger partial charge in [0, 0.05) is 18.2 Å². The van der Waals surface area contributed by atoms with Crippen molar-refractivity contribution in [3.05, 3.63) is 88.9 Å². The number of carbonyl (C=O) groups is 4. The number of nitrogens with zero attached hydrogens (tertiary/aromatic N) is 1. The third-order valence-corrected chi connectivity index (χ3v) is 5.18. The summed E-state index contributed by atoms with van der Waals surface area (Å²) in [7, 11) is 0. The van der Waals surface area contributed by atoms with E-state index in [1.165, 1.54) is 31.4 Å². The predicted octanol–water partition coefficient (Wildman–Crippen LogP) is 3.53. The number of nitrogens with one attached hydrogen (secondary N) is 2. The van der Waals surface area contributed by atoms with E-state index in [9.17, 15) is 19.2 Å². The summed E-state index contributed by atoms with van der Waals surface area (Å²) in [6, 6.07) is 14.6. The molecule has 2 aromatic carbocycles. The van der Waals surface area contributed by atoms with Crippen molar-refractivity contribution in [2.75, 3.05) is 5.32 Å². The number of benzene rings is 2. The van der Waals surface area contributed by atoms with Crippen molar-refractivity contribution < 1.29 is 23.6 Å². The molecule has 3 aromatic rings. The summed E-state index contributed by atoms with van der Waals surface area (Å²) in [6.07, 6.45) is 1.48. The Hall–Kier alpha value is -4.20. The van der Waals surface area contributed by atoms with E-state index in [1.54, 1.807) is 30.3 Å². The van der Waals surface area contributed by atoms with Crippen LogP contribution in [0.2, 0.25) is 0 Å². The van der Waals surface area contributed by atoms with Crippen molar-refractivity contribution in [2.45, 2.75) is 26.4 Å². The van der Waals surface area contributed by atoms with Crippen LogP contribution in [0.15, 0.2) is 65.3 Å². The first kappa shape index (κ1) is 21.0. The highest BCUT2D eigenvalue weighted by Crippen LogP contribution is 2.26. The fourth-order valence-corrected chi connectivity index (χ4v) is 3.59. The molecule has 0 fully saturated rings. The first-order valence-corrected chi connectivity index (χ1v) is 10.0. The number of fused-ring (bicyclic) bond motifs is 1. The molecule has 8 nitrogen and oxygen atoms in total. The molecule has 1 aliphatic rings. The van der Waals surface area contributed by atoms with Crippen molar-refractivity contribution in [1.29, 1.82) is 0 Å². The van der Waals surface area contributed by atoms with Gasteiger partial charge in [-0.1, -0.05) is 12.1 Å². The Morgan fingerprint density at radius 2 is 1.78 bits per heavy atom. The number of amides is 4. The molecule has 1 aliphatic heterocycles. The van der Waals surface area contributed by atoms with E-state index < -0.39 is 11.8 Å². The lowest BCUT2D eigenvalue weighted by Gasteiger charge is -2.16. The Kier molecular flexibility index (Phi) is 5.59. The minimum Gasteiger partial charge on any atom is -0.467 e. The quantitative estimate of drug-likeness (QED) is 0.581. The van der Waals surface area contributed by atoms with Gasteiger partial charge in [0.05, 0.1) is 30.0 Å². The summed E-state index contributed by atoms with van der Waals surface area (Å²) in [5.41, 5.74) is 2.16. The van der Waals surface area contributed by atoms with E-state index in [2.05, 4.69) is 10.6 Å². The number of furan rings is 1. The van der Waals surface area contributed by atoms with Crippen LogP contribution >= 0.6 is 0 Å². The molecule has 32 heavy (non-hydrogen) atoms. The zero-order valence-electron chi connectivity index (χ0n) is 17.5. The van der Waals surface area contributed by atoms with Gasteiger partial charge in [-0.25, -0.2) is 0 Å². The molecule has 1 aromatic heterocycles. The summed E-state index contributed by atoms with van der Waals surface area (Å²) >= 11 is 0. The van der Waals surface area contributed by atoms with Crippen LogP contribution in [0.25, 0.3) is 0 Å². The molecule has 2 heterocycles. The van der Waals surface area contributed by atoms with Crippen molar-refractivity contribution in [3.63, 3.8) is 0 Å². The van der Waals surface area contributed by atoms with Gasteiger partial charge in [-0.3, -0.25) is 24.1 Å². The molecule has 0 aliphatic carbocycles. The van der Waals surface area contributed by atoms with Crippen LogP contribution in [0.4, 0.5) is 5.69 Å². The van der Waals surface area contributed by atoms with E-state index >= 15 is 0 Å². The van der Waals surface area contributed by atoms with E-state index in [1.807, 2.05) is 13.0 Å².